The van der Waals surface area contributed by atoms with Crippen LogP contribution in [0.5, 0.6) is 5.75 Å². The Labute approximate surface area is 150 Å². The van der Waals surface area contributed by atoms with E-state index in [1.807, 2.05) is 25.2 Å². The van der Waals surface area contributed by atoms with Crippen molar-refractivity contribution in [1.29, 1.82) is 0 Å². The van der Waals surface area contributed by atoms with Gasteiger partial charge in [-0.2, -0.15) is 0 Å². The molecule has 2 aromatic carbocycles. The number of benzene rings is 2. The Morgan fingerprint density at radius 3 is 2.80 bits per heavy atom. The van der Waals surface area contributed by atoms with E-state index in [1.165, 1.54) is 16.8 Å². The normalized spacial score (nSPS) is 15.8. The van der Waals surface area contributed by atoms with Crippen molar-refractivity contribution in [2.75, 3.05) is 32.1 Å². The fourth-order valence-corrected chi connectivity index (χ4v) is 3.85. The smallest absolute Gasteiger partial charge is 0.119 e. The largest absolute Gasteiger partial charge is 0.497 e. The van der Waals surface area contributed by atoms with Crippen LogP contribution in [0, 0.1) is 6.92 Å². The highest BCUT2D eigenvalue weighted by atomic mass is 16.5. The van der Waals surface area contributed by atoms with Gasteiger partial charge in [0.25, 0.3) is 0 Å². The minimum Gasteiger partial charge on any atom is -0.497 e. The molecular formula is C21H28N2O2. The molecule has 2 atom stereocenters. The molecule has 0 radical (unpaired) electrons. The van der Waals surface area contributed by atoms with E-state index in [9.17, 15) is 5.11 Å². The average molecular weight is 340 g/mol. The van der Waals surface area contributed by atoms with E-state index in [-0.39, 0.29) is 6.04 Å². The number of aliphatic hydroxyl groups excluding tert-OH is 1. The van der Waals surface area contributed by atoms with Crippen LogP contribution in [-0.4, -0.2) is 38.5 Å². The van der Waals surface area contributed by atoms with E-state index in [1.54, 1.807) is 7.11 Å². The van der Waals surface area contributed by atoms with E-state index in [0.29, 0.717) is 6.42 Å². The van der Waals surface area contributed by atoms with Gasteiger partial charge in [0, 0.05) is 12.2 Å². The number of para-hydroxylation sites is 1. The summed E-state index contributed by atoms with van der Waals surface area (Å²) in [5.41, 5.74) is 5.01. The molecule has 1 aliphatic rings. The van der Waals surface area contributed by atoms with Gasteiger partial charge in [0.1, 0.15) is 5.75 Å². The highest BCUT2D eigenvalue weighted by molar-refractivity contribution is 5.64. The minimum absolute atomic E-state index is 0.0780. The molecule has 0 saturated carbocycles. The first kappa shape index (κ1) is 17.8. The van der Waals surface area contributed by atoms with Crippen LogP contribution >= 0.6 is 0 Å². The van der Waals surface area contributed by atoms with Crippen molar-refractivity contribution in [2.45, 2.75) is 31.9 Å². The summed E-state index contributed by atoms with van der Waals surface area (Å²) >= 11 is 0. The van der Waals surface area contributed by atoms with Crippen molar-refractivity contribution in [3.8, 4) is 5.75 Å². The van der Waals surface area contributed by atoms with E-state index in [4.69, 9.17) is 4.74 Å². The Morgan fingerprint density at radius 1 is 1.24 bits per heavy atom. The molecule has 0 fully saturated rings. The van der Waals surface area contributed by atoms with Gasteiger partial charge < -0.3 is 20.1 Å². The maximum absolute atomic E-state index is 11.0. The molecule has 0 amide bonds. The summed E-state index contributed by atoms with van der Waals surface area (Å²) in [6.07, 6.45) is 1.27. The topological polar surface area (TPSA) is 44.7 Å². The number of anilines is 1. The molecule has 0 spiro atoms. The number of aliphatic hydroxyl groups is 1. The first-order valence-electron chi connectivity index (χ1n) is 8.97. The number of methoxy groups -OCH3 is 1. The lowest BCUT2D eigenvalue weighted by Gasteiger charge is -2.35. The van der Waals surface area contributed by atoms with Gasteiger partial charge in [-0.05, 0) is 62.2 Å². The number of ether oxygens (including phenoxy) is 1. The lowest BCUT2D eigenvalue weighted by molar-refractivity contribution is 0.132. The Bertz CT molecular complexity index is 717. The van der Waals surface area contributed by atoms with Crippen molar-refractivity contribution in [2.24, 2.45) is 0 Å². The number of hydrogen-bond donors (Lipinski definition) is 2. The van der Waals surface area contributed by atoms with Gasteiger partial charge in [0.05, 0.1) is 19.3 Å². The second kappa shape index (κ2) is 7.89. The van der Waals surface area contributed by atoms with Crippen LogP contribution in [0.1, 0.15) is 29.2 Å². The van der Waals surface area contributed by atoms with Crippen molar-refractivity contribution in [3.05, 3.63) is 59.2 Å². The Hall–Kier alpha value is -2.04. The minimum atomic E-state index is -0.454. The molecule has 0 aromatic heterocycles. The molecule has 3 rings (SSSR count). The van der Waals surface area contributed by atoms with Crippen LogP contribution < -0.4 is 15.0 Å². The molecule has 0 saturated heterocycles. The highest BCUT2D eigenvalue weighted by Gasteiger charge is 2.33. The van der Waals surface area contributed by atoms with Crippen LogP contribution in [0.15, 0.2) is 42.5 Å². The van der Waals surface area contributed by atoms with Gasteiger partial charge in [0.2, 0.25) is 0 Å². The van der Waals surface area contributed by atoms with Crippen LogP contribution in [0.25, 0.3) is 0 Å². The zero-order chi connectivity index (χ0) is 17.8. The van der Waals surface area contributed by atoms with Crippen LogP contribution in [-0.2, 0) is 6.42 Å². The van der Waals surface area contributed by atoms with Gasteiger partial charge in [0.15, 0.2) is 0 Å². The number of hydrogen-bond acceptors (Lipinski definition) is 4. The summed E-state index contributed by atoms with van der Waals surface area (Å²) in [4.78, 5) is 2.37. The predicted molar refractivity (Wildman–Crippen MR) is 103 cm³/mol. The van der Waals surface area contributed by atoms with Gasteiger partial charge in [-0.15, -0.1) is 0 Å². The van der Waals surface area contributed by atoms with Crippen molar-refractivity contribution in [3.63, 3.8) is 0 Å². The van der Waals surface area contributed by atoms with Crippen molar-refractivity contribution >= 4 is 5.69 Å². The summed E-state index contributed by atoms with van der Waals surface area (Å²) < 4.78 is 5.41. The number of nitrogens with zero attached hydrogens (tertiary/aromatic N) is 1. The zero-order valence-corrected chi connectivity index (χ0v) is 15.3. The molecule has 0 aliphatic carbocycles. The summed E-state index contributed by atoms with van der Waals surface area (Å²) in [6, 6.07) is 14.5. The lowest BCUT2D eigenvalue weighted by Crippen LogP contribution is -2.37. The van der Waals surface area contributed by atoms with Gasteiger partial charge in [-0.3, -0.25) is 0 Å². The first-order valence-corrected chi connectivity index (χ1v) is 8.97. The fraction of sp³-hybridized carbons (Fsp3) is 0.429. The molecule has 134 valence electrons. The maximum atomic E-state index is 11.0. The maximum Gasteiger partial charge on any atom is 0.119 e. The quantitative estimate of drug-likeness (QED) is 0.813. The summed E-state index contributed by atoms with van der Waals surface area (Å²) in [5, 5.41) is 14.2. The Kier molecular flexibility index (Phi) is 5.61. The summed E-state index contributed by atoms with van der Waals surface area (Å²) in [5.74, 6) is 0.826. The number of rotatable bonds is 7. The standard InChI is InChI=1S/C21H28N2O2/c1-15-6-4-7-16-11-13-23(20(15)16)21(19(24)10-12-22-2)17-8-5-9-18(14-17)25-3/h4-9,14,19,21-22,24H,10-13H2,1-3H3/t19-,21-/m1/s1. The third-order valence-corrected chi connectivity index (χ3v) is 5.06. The van der Waals surface area contributed by atoms with Gasteiger partial charge in [-0.25, -0.2) is 0 Å². The molecule has 4 heteroatoms. The molecule has 25 heavy (non-hydrogen) atoms. The molecule has 1 heterocycles. The highest BCUT2D eigenvalue weighted by Crippen LogP contribution is 2.40. The van der Waals surface area contributed by atoms with Crippen molar-refractivity contribution < 1.29 is 9.84 Å². The van der Waals surface area contributed by atoms with E-state index >= 15 is 0 Å². The summed E-state index contributed by atoms with van der Waals surface area (Å²) in [6.45, 7) is 3.87. The van der Waals surface area contributed by atoms with Crippen LogP contribution in [0.2, 0.25) is 0 Å². The molecule has 2 aromatic rings. The monoisotopic (exact) mass is 340 g/mol. The Balaban J connectivity index is 2.01. The first-order chi connectivity index (χ1) is 12.2. The fourth-order valence-electron chi connectivity index (χ4n) is 3.85. The second-order valence-electron chi connectivity index (χ2n) is 6.71. The van der Waals surface area contributed by atoms with Crippen molar-refractivity contribution in [1.82, 2.24) is 5.32 Å². The van der Waals surface area contributed by atoms with E-state index < -0.39 is 6.10 Å². The van der Waals surface area contributed by atoms with Crippen LogP contribution in [0.4, 0.5) is 5.69 Å². The molecule has 1 aliphatic heterocycles. The van der Waals surface area contributed by atoms with Crippen LogP contribution in [0.3, 0.4) is 0 Å². The van der Waals surface area contributed by atoms with E-state index in [0.717, 1.165) is 30.8 Å². The third-order valence-electron chi connectivity index (χ3n) is 5.06. The molecule has 0 bridgehead atoms. The molecule has 2 N–H and O–H groups in total. The number of nitrogens with one attached hydrogen (secondary N) is 1. The molecule has 4 nitrogen and oxygen atoms in total. The number of fused-ring (bicyclic) bond motifs is 1. The van der Waals surface area contributed by atoms with Gasteiger partial charge in [-0.1, -0.05) is 30.3 Å². The summed E-state index contributed by atoms with van der Waals surface area (Å²) in [7, 11) is 3.60. The number of aryl methyl sites for hydroxylation is 1. The predicted octanol–water partition coefficient (Wildman–Crippen LogP) is 3.08. The molecular weight excluding hydrogens is 312 g/mol. The van der Waals surface area contributed by atoms with Gasteiger partial charge >= 0.3 is 0 Å². The Morgan fingerprint density at radius 2 is 2.04 bits per heavy atom. The third kappa shape index (κ3) is 3.65. The lowest BCUT2D eigenvalue weighted by atomic mass is 9.96. The average Bonchev–Trinajstić information content (AvgIpc) is 3.05. The zero-order valence-electron chi connectivity index (χ0n) is 15.3. The molecule has 0 unspecified atom stereocenters. The SMILES string of the molecule is CNCC[C@@H](O)[C@@H](c1cccc(OC)c1)N1CCc2cccc(C)c21. The van der Waals surface area contributed by atoms with E-state index in [2.05, 4.69) is 41.4 Å². The second-order valence-corrected chi connectivity index (χ2v) is 6.71.